The second kappa shape index (κ2) is 10.2. The number of benzene rings is 2. The van der Waals surface area contributed by atoms with Crippen molar-refractivity contribution in [1.29, 1.82) is 0 Å². The Bertz CT molecular complexity index is 1200. The van der Waals surface area contributed by atoms with Crippen LogP contribution in [0.2, 0.25) is 0 Å². The quantitative estimate of drug-likeness (QED) is 0.265. The van der Waals surface area contributed by atoms with Gasteiger partial charge in [0, 0.05) is 11.6 Å². The molecule has 2 heterocycles. The summed E-state index contributed by atoms with van der Waals surface area (Å²) in [4.78, 5) is 11.4. The fraction of sp³-hybridized carbons (Fsp3) is 0.200. The number of ether oxygens (including phenoxy) is 1. The summed E-state index contributed by atoms with van der Waals surface area (Å²) in [6.07, 6.45) is 7.33. The highest BCUT2D eigenvalue weighted by Gasteiger charge is 2.11. The van der Waals surface area contributed by atoms with Gasteiger partial charge in [0.05, 0.1) is 19.0 Å². The Morgan fingerprint density at radius 1 is 0.938 bits per heavy atom. The Labute approximate surface area is 187 Å². The lowest BCUT2D eigenvalue weighted by Gasteiger charge is -2.10. The topological polar surface area (TPSA) is 80.1 Å². The first-order valence-corrected chi connectivity index (χ1v) is 10.5. The maximum atomic E-state index is 6.94. The monoisotopic (exact) mass is 424 g/mol. The van der Waals surface area contributed by atoms with E-state index in [-0.39, 0.29) is 5.82 Å². The zero-order valence-corrected chi connectivity index (χ0v) is 17.9. The van der Waals surface area contributed by atoms with Gasteiger partial charge in [-0.15, -0.1) is 4.98 Å². The summed E-state index contributed by atoms with van der Waals surface area (Å²) in [5, 5.41) is 10.4. The normalized spacial score (nSPS) is 10.5. The summed E-state index contributed by atoms with van der Waals surface area (Å²) >= 11 is 0. The smallest absolute Gasteiger partial charge is 0.288 e. The molecule has 7 nitrogen and oxygen atoms in total. The maximum absolute atomic E-state index is 6.94. The summed E-state index contributed by atoms with van der Waals surface area (Å²) in [6, 6.07) is 18.8. The minimum Gasteiger partial charge on any atom is -0.496 e. The molecule has 0 unspecified atom stereocenters. The summed E-state index contributed by atoms with van der Waals surface area (Å²) in [6.45, 7) is 6.94. The van der Waals surface area contributed by atoms with Crippen LogP contribution in [0.4, 0.5) is 17.5 Å². The second-order valence-corrected chi connectivity index (χ2v) is 7.39. The number of methoxy groups -OCH3 is 1. The highest BCUT2D eigenvalue weighted by atomic mass is 16.5. The molecule has 0 aliphatic heterocycles. The number of aromatic amines is 1. The molecule has 2 N–H and O–H groups in total. The van der Waals surface area contributed by atoms with Gasteiger partial charge >= 0.3 is 0 Å². The molecular weight excluding hydrogens is 400 g/mol. The lowest BCUT2D eigenvalue weighted by molar-refractivity contribution is 0.415. The average molecular weight is 425 g/mol. The molecule has 7 heteroatoms. The summed E-state index contributed by atoms with van der Waals surface area (Å²) in [7, 11) is 1.68. The predicted octanol–water partition coefficient (Wildman–Crippen LogP) is 5.74. The number of nitrogens with one attached hydrogen (secondary N) is 2. The van der Waals surface area contributed by atoms with E-state index in [4.69, 9.17) is 11.3 Å². The molecule has 0 aliphatic carbocycles. The number of aromatic nitrogens is 4. The zero-order valence-electron chi connectivity index (χ0n) is 17.9. The van der Waals surface area contributed by atoms with Gasteiger partial charge in [0.15, 0.2) is 17.8 Å². The lowest BCUT2D eigenvalue weighted by atomic mass is 10.0. The van der Waals surface area contributed by atoms with Crippen molar-refractivity contribution in [2.45, 2.75) is 25.7 Å². The third-order valence-corrected chi connectivity index (χ3v) is 5.17. The van der Waals surface area contributed by atoms with E-state index in [1.54, 1.807) is 7.11 Å². The van der Waals surface area contributed by atoms with Crippen molar-refractivity contribution in [1.82, 2.24) is 20.2 Å². The molecule has 2 aromatic heterocycles. The van der Waals surface area contributed by atoms with E-state index in [1.165, 1.54) is 23.5 Å². The molecule has 0 saturated carbocycles. The first-order valence-electron chi connectivity index (χ1n) is 10.5. The molecule has 0 fully saturated rings. The second-order valence-electron chi connectivity index (χ2n) is 7.39. The molecule has 0 saturated heterocycles. The molecule has 0 spiro atoms. The van der Waals surface area contributed by atoms with Gasteiger partial charge < -0.3 is 14.9 Å². The van der Waals surface area contributed by atoms with Gasteiger partial charge in [-0.25, -0.2) is 4.98 Å². The van der Waals surface area contributed by atoms with E-state index in [1.807, 2.05) is 6.07 Å². The van der Waals surface area contributed by atoms with E-state index in [9.17, 15) is 0 Å². The zero-order chi connectivity index (χ0) is 22.2. The molecule has 4 aromatic rings. The molecule has 2 aromatic carbocycles. The van der Waals surface area contributed by atoms with Gasteiger partial charge in [-0.3, -0.25) is 5.10 Å². The number of hydrogen-bond acceptors (Lipinski definition) is 5. The third kappa shape index (κ3) is 5.29. The number of H-pyrrole nitrogens is 1. The molecule has 0 amide bonds. The highest BCUT2D eigenvalue weighted by molar-refractivity contribution is 5.71. The molecular formula is C25H24N6O. The van der Waals surface area contributed by atoms with Gasteiger partial charge in [0.2, 0.25) is 0 Å². The van der Waals surface area contributed by atoms with Gasteiger partial charge in [-0.2, -0.15) is 5.10 Å². The SMILES string of the molecule is [C-]#[N+]c1cnc(Nc2cc(-c3ccc(CCCCc4ccccc4)cc3OC)[nH]n2)cn1. The fourth-order valence-corrected chi connectivity index (χ4v) is 3.52. The van der Waals surface area contributed by atoms with Crippen LogP contribution in [0, 0.1) is 6.57 Å². The van der Waals surface area contributed by atoms with Gasteiger partial charge in [-0.1, -0.05) is 43.0 Å². The molecule has 0 radical (unpaired) electrons. The van der Waals surface area contributed by atoms with Gasteiger partial charge in [0.25, 0.3) is 5.82 Å². The van der Waals surface area contributed by atoms with Crippen molar-refractivity contribution in [2.24, 2.45) is 0 Å². The number of rotatable bonds is 9. The van der Waals surface area contributed by atoms with Crippen LogP contribution in [0.15, 0.2) is 67.0 Å². The molecule has 160 valence electrons. The van der Waals surface area contributed by atoms with E-state index >= 15 is 0 Å². The van der Waals surface area contributed by atoms with Gasteiger partial charge in [-0.05, 0) is 48.9 Å². The van der Waals surface area contributed by atoms with Crippen LogP contribution in [-0.2, 0) is 12.8 Å². The fourth-order valence-electron chi connectivity index (χ4n) is 3.52. The molecule has 0 atom stereocenters. The van der Waals surface area contributed by atoms with Crippen molar-refractivity contribution in [3.05, 3.63) is 89.5 Å². The van der Waals surface area contributed by atoms with E-state index < -0.39 is 0 Å². The lowest BCUT2D eigenvalue weighted by Crippen LogP contribution is -1.94. The van der Waals surface area contributed by atoms with Gasteiger partial charge in [0.1, 0.15) is 5.75 Å². The highest BCUT2D eigenvalue weighted by Crippen LogP contribution is 2.31. The first kappa shape index (κ1) is 21.1. The number of anilines is 2. The Morgan fingerprint density at radius 3 is 2.47 bits per heavy atom. The van der Waals surface area contributed by atoms with Crippen LogP contribution in [0.25, 0.3) is 16.1 Å². The van der Waals surface area contributed by atoms with Crippen molar-refractivity contribution in [3.63, 3.8) is 0 Å². The minimum atomic E-state index is 0.253. The molecule has 32 heavy (non-hydrogen) atoms. The third-order valence-electron chi connectivity index (χ3n) is 5.17. The van der Waals surface area contributed by atoms with Crippen LogP contribution >= 0.6 is 0 Å². The Kier molecular flexibility index (Phi) is 6.73. The maximum Gasteiger partial charge on any atom is 0.288 e. The molecule has 0 bridgehead atoms. The standard InChI is InChI=1S/C25H24N6O/c1-26-24-16-28-25(17-27-24)29-23-15-21(30-31-23)20-13-12-19(14-22(20)32-2)11-7-6-10-18-8-4-3-5-9-18/h3-5,8-9,12-17H,6-7,10-11H2,2H3,(H2,28,29,30,31). The van der Waals surface area contributed by atoms with E-state index in [2.05, 4.69) is 78.9 Å². The Hall–Kier alpha value is -4.18. The summed E-state index contributed by atoms with van der Waals surface area (Å²) < 4.78 is 5.65. The van der Waals surface area contributed by atoms with Crippen LogP contribution in [0.1, 0.15) is 24.0 Å². The van der Waals surface area contributed by atoms with Crippen LogP contribution in [0.3, 0.4) is 0 Å². The Morgan fingerprint density at radius 2 is 1.75 bits per heavy atom. The van der Waals surface area contributed by atoms with E-state index in [0.29, 0.717) is 11.6 Å². The minimum absolute atomic E-state index is 0.253. The van der Waals surface area contributed by atoms with Crippen molar-refractivity contribution >= 4 is 17.5 Å². The average Bonchev–Trinajstić information content (AvgIpc) is 3.31. The van der Waals surface area contributed by atoms with Crippen LogP contribution < -0.4 is 10.1 Å². The summed E-state index contributed by atoms with van der Waals surface area (Å²) in [5.74, 6) is 2.19. The number of nitrogens with zero attached hydrogens (tertiary/aromatic N) is 4. The van der Waals surface area contributed by atoms with Crippen molar-refractivity contribution in [2.75, 3.05) is 12.4 Å². The first-order chi connectivity index (χ1) is 15.7. The Balaban J connectivity index is 1.38. The van der Waals surface area contributed by atoms with Crippen LogP contribution in [0.5, 0.6) is 5.75 Å². The van der Waals surface area contributed by atoms with E-state index in [0.717, 1.165) is 42.7 Å². The van der Waals surface area contributed by atoms with Crippen molar-refractivity contribution in [3.8, 4) is 17.0 Å². The van der Waals surface area contributed by atoms with Crippen LogP contribution in [-0.4, -0.2) is 27.3 Å². The summed E-state index contributed by atoms with van der Waals surface area (Å²) in [5.41, 5.74) is 4.42. The molecule has 0 aliphatic rings. The number of hydrogen-bond donors (Lipinski definition) is 2. The predicted molar refractivity (Wildman–Crippen MR) is 125 cm³/mol. The number of aryl methyl sites for hydroxylation is 2. The van der Waals surface area contributed by atoms with Crippen molar-refractivity contribution < 1.29 is 4.74 Å². The largest absolute Gasteiger partial charge is 0.496 e. The number of unbranched alkanes of at least 4 members (excludes halogenated alkanes) is 1. The molecule has 4 rings (SSSR count).